The van der Waals surface area contributed by atoms with Crippen LogP contribution in [-0.2, 0) is 19.3 Å². The molecule has 1 aromatic rings. The van der Waals surface area contributed by atoms with Crippen LogP contribution in [0, 0.1) is 5.41 Å². The summed E-state index contributed by atoms with van der Waals surface area (Å²) in [5.41, 5.74) is 0.944. The van der Waals surface area contributed by atoms with Gasteiger partial charge in [0.25, 0.3) is 0 Å². The van der Waals surface area contributed by atoms with Crippen LogP contribution in [0.15, 0.2) is 30.3 Å². The third kappa shape index (κ3) is 5.72. The molecule has 0 spiro atoms. The van der Waals surface area contributed by atoms with Crippen molar-refractivity contribution in [2.75, 3.05) is 13.7 Å². The number of benzene rings is 1. The Kier molecular flexibility index (Phi) is 6.68. The Balaban J connectivity index is 2.62. The summed E-state index contributed by atoms with van der Waals surface area (Å²) in [5.74, 6) is -0.322. The summed E-state index contributed by atoms with van der Waals surface area (Å²) >= 11 is 0. The minimum atomic E-state index is -0.448. The first kappa shape index (κ1) is 16.7. The molecule has 0 fully saturated rings. The lowest BCUT2D eigenvalue weighted by Crippen LogP contribution is -2.20. The number of esters is 1. The third-order valence-electron chi connectivity index (χ3n) is 3.34. The van der Waals surface area contributed by atoms with Gasteiger partial charge in [0.15, 0.2) is 0 Å². The highest BCUT2D eigenvalue weighted by atomic mass is 17.2. The lowest BCUT2D eigenvalue weighted by molar-refractivity contribution is -0.339. The van der Waals surface area contributed by atoms with Crippen molar-refractivity contribution in [3.8, 4) is 0 Å². The highest BCUT2D eigenvalue weighted by Gasteiger charge is 2.21. The minimum Gasteiger partial charge on any atom is -0.469 e. The predicted molar refractivity (Wildman–Crippen MR) is 76.9 cm³/mol. The Bertz CT molecular complexity index is 400. The number of hydrogen-bond acceptors (Lipinski definition) is 4. The number of methoxy groups -OCH3 is 1. The summed E-state index contributed by atoms with van der Waals surface area (Å²) in [4.78, 5) is 22.2. The zero-order valence-electron chi connectivity index (χ0n) is 12.7. The number of carbonyl (C=O) groups is 1. The Morgan fingerprint density at radius 3 is 2.45 bits per heavy atom. The standard InChI is InChI=1S/C16H24O4/c1-5-16(2,3)12-19-20-14(11-15(17)18-4)13-9-7-6-8-10-13/h6-10,14H,5,11-12H2,1-4H3. The zero-order valence-corrected chi connectivity index (χ0v) is 12.7. The summed E-state index contributed by atoms with van der Waals surface area (Å²) in [6.07, 6.45) is 0.674. The average molecular weight is 280 g/mol. The van der Waals surface area contributed by atoms with Crippen molar-refractivity contribution in [1.29, 1.82) is 0 Å². The fourth-order valence-electron chi connectivity index (χ4n) is 1.49. The van der Waals surface area contributed by atoms with Crippen molar-refractivity contribution in [2.45, 2.75) is 39.7 Å². The van der Waals surface area contributed by atoms with Gasteiger partial charge < -0.3 is 4.74 Å². The molecule has 0 bridgehead atoms. The molecule has 1 atom stereocenters. The van der Waals surface area contributed by atoms with E-state index in [1.165, 1.54) is 7.11 Å². The summed E-state index contributed by atoms with van der Waals surface area (Å²) in [6.45, 7) is 6.79. The fraction of sp³-hybridized carbons (Fsp3) is 0.562. The van der Waals surface area contributed by atoms with E-state index in [2.05, 4.69) is 20.8 Å². The molecule has 0 N–H and O–H groups in total. The van der Waals surface area contributed by atoms with E-state index in [4.69, 9.17) is 14.5 Å². The molecule has 1 unspecified atom stereocenters. The number of ether oxygens (including phenoxy) is 1. The zero-order chi connectivity index (χ0) is 15.0. The van der Waals surface area contributed by atoms with Crippen LogP contribution in [-0.4, -0.2) is 19.7 Å². The van der Waals surface area contributed by atoms with Crippen LogP contribution in [0.2, 0.25) is 0 Å². The Morgan fingerprint density at radius 1 is 1.25 bits per heavy atom. The van der Waals surface area contributed by atoms with Crippen molar-refractivity contribution in [3.05, 3.63) is 35.9 Å². The molecule has 0 heterocycles. The SMILES string of the molecule is CCC(C)(C)COOC(CC(=O)OC)c1ccccc1. The highest BCUT2D eigenvalue weighted by Crippen LogP contribution is 2.25. The summed E-state index contributed by atoms with van der Waals surface area (Å²) < 4.78 is 4.70. The first-order valence-corrected chi connectivity index (χ1v) is 6.88. The Morgan fingerprint density at radius 2 is 1.90 bits per heavy atom. The van der Waals surface area contributed by atoms with Gasteiger partial charge in [0.05, 0.1) is 20.1 Å². The molecule has 0 saturated heterocycles. The monoisotopic (exact) mass is 280 g/mol. The van der Waals surface area contributed by atoms with Crippen LogP contribution >= 0.6 is 0 Å². The third-order valence-corrected chi connectivity index (χ3v) is 3.34. The van der Waals surface area contributed by atoms with Gasteiger partial charge in [0, 0.05) is 0 Å². The van der Waals surface area contributed by atoms with E-state index in [1.54, 1.807) is 0 Å². The molecule has 1 rings (SSSR count). The van der Waals surface area contributed by atoms with Crippen molar-refractivity contribution in [2.24, 2.45) is 5.41 Å². The van der Waals surface area contributed by atoms with Gasteiger partial charge >= 0.3 is 5.97 Å². The van der Waals surface area contributed by atoms with Gasteiger partial charge in [-0.2, -0.15) is 0 Å². The van der Waals surface area contributed by atoms with Crippen molar-refractivity contribution in [1.82, 2.24) is 0 Å². The van der Waals surface area contributed by atoms with Gasteiger partial charge in [0.1, 0.15) is 6.10 Å². The maximum Gasteiger partial charge on any atom is 0.308 e. The molecule has 0 aliphatic carbocycles. The maximum absolute atomic E-state index is 11.5. The van der Waals surface area contributed by atoms with E-state index < -0.39 is 6.10 Å². The second-order valence-corrected chi connectivity index (χ2v) is 5.56. The molecule has 1 aromatic carbocycles. The van der Waals surface area contributed by atoms with Crippen LogP contribution in [0.5, 0.6) is 0 Å². The molecule has 0 amide bonds. The molecule has 4 nitrogen and oxygen atoms in total. The van der Waals surface area contributed by atoms with Gasteiger partial charge in [-0.05, 0) is 17.4 Å². The molecular weight excluding hydrogens is 256 g/mol. The van der Waals surface area contributed by atoms with Crippen molar-refractivity contribution < 1.29 is 19.3 Å². The Hall–Kier alpha value is -1.39. The quantitative estimate of drug-likeness (QED) is 0.414. The summed E-state index contributed by atoms with van der Waals surface area (Å²) in [7, 11) is 1.37. The van der Waals surface area contributed by atoms with Crippen LogP contribution in [0.3, 0.4) is 0 Å². The van der Waals surface area contributed by atoms with Crippen molar-refractivity contribution >= 4 is 5.97 Å². The maximum atomic E-state index is 11.5. The first-order valence-electron chi connectivity index (χ1n) is 6.88. The average Bonchev–Trinajstić information content (AvgIpc) is 2.46. The lowest BCUT2D eigenvalue weighted by Gasteiger charge is -2.23. The molecular formula is C16H24O4. The molecule has 0 aliphatic rings. The van der Waals surface area contributed by atoms with E-state index in [9.17, 15) is 4.79 Å². The molecule has 112 valence electrons. The van der Waals surface area contributed by atoms with E-state index in [0.717, 1.165) is 12.0 Å². The van der Waals surface area contributed by atoms with E-state index >= 15 is 0 Å². The highest BCUT2D eigenvalue weighted by molar-refractivity contribution is 5.70. The molecule has 0 aliphatic heterocycles. The Labute approximate surface area is 121 Å². The molecule has 0 radical (unpaired) electrons. The molecule has 0 aromatic heterocycles. The van der Waals surface area contributed by atoms with E-state index in [0.29, 0.717) is 6.61 Å². The number of carbonyl (C=O) groups excluding carboxylic acids is 1. The lowest BCUT2D eigenvalue weighted by atomic mass is 9.92. The minimum absolute atomic E-state index is 0.0481. The predicted octanol–water partition coefficient (Wildman–Crippen LogP) is 3.68. The van der Waals surface area contributed by atoms with Crippen molar-refractivity contribution in [3.63, 3.8) is 0 Å². The fourth-order valence-corrected chi connectivity index (χ4v) is 1.49. The topological polar surface area (TPSA) is 44.8 Å². The van der Waals surface area contributed by atoms with Gasteiger partial charge in [-0.3, -0.25) is 4.79 Å². The van der Waals surface area contributed by atoms with Crippen LogP contribution in [0.1, 0.15) is 45.3 Å². The molecule has 0 saturated carbocycles. The van der Waals surface area contributed by atoms with Gasteiger partial charge in [-0.25, -0.2) is 9.78 Å². The smallest absolute Gasteiger partial charge is 0.308 e. The van der Waals surface area contributed by atoms with E-state index in [-0.39, 0.29) is 17.8 Å². The van der Waals surface area contributed by atoms with Crippen LogP contribution < -0.4 is 0 Å². The summed E-state index contributed by atoms with van der Waals surface area (Å²) in [5, 5.41) is 0. The normalized spacial score (nSPS) is 13.0. The molecule has 4 heteroatoms. The molecule has 20 heavy (non-hydrogen) atoms. The number of rotatable bonds is 8. The van der Waals surface area contributed by atoms with Crippen LogP contribution in [0.4, 0.5) is 0 Å². The largest absolute Gasteiger partial charge is 0.469 e. The van der Waals surface area contributed by atoms with E-state index in [1.807, 2.05) is 30.3 Å². The second-order valence-electron chi connectivity index (χ2n) is 5.56. The summed E-state index contributed by atoms with van der Waals surface area (Å²) in [6, 6.07) is 9.53. The van der Waals surface area contributed by atoms with Gasteiger partial charge in [-0.15, -0.1) is 0 Å². The first-order chi connectivity index (χ1) is 9.48. The van der Waals surface area contributed by atoms with Gasteiger partial charge in [0.2, 0.25) is 0 Å². The second kappa shape index (κ2) is 8.02. The van der Waals surface area contributed by atoms with Crippen LogP contribution in [0.25, 0.3) is 0 Å². The number of hydrogen-bond donors (Lipinski definition) is 0. The van der Waals surface area contributed by atoms with Gasteiger partial charge in [-0.1, -0.05) is 51.1 Å².